The Bertz CT molecular complexity index is 335. The second-order valence-corrected chi connectivity index (χ2v) is 3.91. The van der Waals surface area contributed by atoms with Gasteiger partial charge in [-0.05, 0) is 19.4 Å². The van der Waals surface area contributed by atoms with Crippen molar-refractivity contribution in [2.45, 2.75) is 37.9 Å². The maximum absolute atomic E-state index is 11.4. The van der Waals surface area contributed by atoms with E-state index in [1.165, 1.54) is 0 Å². The zero-order valence-corrected chi connectivity index (χ0v) is 8.41. The fraction of sp³-hybridized carbons (Fsp3) is 0.875. The Morgan fingerprint density at radius 3 is 2.93 bits per heavy atom. The molecule has 7 heteroatoms. The van der Waals surface area contributed by atoms with Crippen molar-refractivity contribution in [3.63, 3.8) is 0 Å². The molecular formula is C8H11N3O4. The molecule has 2 fully saturated rings. The molecule has 0 unspecified atom stereocenters. The smallest absolute Gasteiger partial charge is 0.338 e. The molecule has 2 aliphatic heterocycles. The Morgan fingerprint density at radius 2 is 2.27 bits per heavy atom. The van der Waals surface area contributed by atoms with E-state index >= 15 is 0 Å². The normalized spacial score (nSPS) is 36.9. The van der Waals surface area contributed by atoms with Crippen LogP contribution in [0.15, 0.2) is 5.11 Å². The summed E-state index contributed by atoms with van der Waals surface area (Å²) in [6.07, 6.45) is -1.71. The first-order valence-electron chi connectivity index (χ1n) is 4.60. The first-order chi connectivity index (χ1) is 7.03. The standard InChI is InChI=1S/C8H11N3O4/c1-8(2)14-5-4(3-10-11-9)13-7(12)6(5)15-8/h4-6H,3H2,1-2H3/t4-,5-,6-/m1/s1. The van der Waals surface area contributed by atoms with Gasteiger partial charge < -0.3 is 14.2 Å². The van der Waals surface area contributed by atoms with Crippen LogP contribution in [0.5, 0.6) is 0 Å². The molecule has 2 rings (SSSR count). The molecule has 0 radical (unpaired) electrons. The van der Waals surface area contributed by atoms with E-state index in [0.717, 1.165) is 0 Å². The lowest BCUT2D eigenvalue weighted by Gasteiger charge is -2.20. The van der Waals surface area contributed by atoms with Gasteiger partial charge in [0.1, 0.15) is 12.2 Å². The van der Waals surface area contributed by atoms with Crippen LogP contribution in [-0.4, -0.2) is 36.6 Å². The van der Waals surface area contributed by atoms with E-state index in [1.54, 1.807) is 13.8 Å². The average molecular weight is 213 g/mol. The lowest BCUT2D eigenvalue weighted by Crippen LogP contribution is -2.31. The third-order valence-corrected chi connectivity index (χ3v) is 2.32. The molecule has 2 heterocycles. The van der Waals surface area contributed by atoms with E-state index in [1.807, 2.05) is 0 Å². The molecule has 0 aromatic heterocycles. The van der Waals surface area contributed by atoms with Crippen LogP contribution in [-0.2, 0) is 19.0 Å². The number of carbonyl (C=O) groups is 1. The van der Waals surface area contributed by atoms with Crippen LogP contribution in [0.3, 0.4) is 0 Å². The predicted molar refractivity (Wildman–Crippen MR) is 47.7 cm³/mol. The Labute approximate surface area is 85.9 Å². The van der Waals surface area contributed by atoms with Gasteiger partial charge in [0, 0.05) is 4.91 Å². The summed E-state index contributed by atoms with van der Waals surface area (Å²) in [5, 5.41) is 3.36. The van der Waals surface area contributed by atoms with Gasteiger partial charge >= 0.3 is 5.97 Å². The zero-order chi connectivity index (χ0) is 11.1. The van der Waals surface area contributed by atoms with Gasteiger partial charge in [-0.1, -0.05) is 5.11 Å². The molecular weight excluding hydrogens is 202 g/mol. The van der Waals surface area contributed by atoms with Crippen molar-refractivity contribution < 1.29 is 19.0 Å². The minimum atomic E-state index is -0.788. The summed E-state index contributed by atoms with van der Waals surface area (Å²) in [7, 11) is 0. The molecule has 0 N–H and O–H groups in total. The zero-order valence-electron chi connectivity index (χ0n) is 8.41. The monoisotopic (exact) mass is 213 g/mol. The summed E-state index contributed by atoms with van der Waals surface area (Å²) >= 11 is 0. The Kier molecular flexibility index (Phi) is 2.30. The summed E-state index contributed by atoms with van der Waals surface area (Å²) in [6, 6.07) is 0. The van der Waals surface area contributed by atoms with E-state index in [2.05, 4.69) is 10.0 Å². The third kappa shape index (κ3) is 1.77. The number of fused-ring (bicyclic) bond motifs is 1. The average Bonchev–Trinajstić information content (AvgIpc) is 2.60. The molecule has 2 aliphatic rings. The van der Waals surface area contributed by atoms with Gasteiger partial charge in [0.15, 0.2) is 11.9 Å². The molecule has 0 amide bonds. The van der Waals surface area contributed by atoms with Gasteiger partial charge in [0.2, 0.25) is 0 Å². The molecule has 2 saturated heterocycles. The fourth-order valence-electron chi connectivity index (χ4n) is 1.78. The lowest BCUT2D eigenvalue weighted by molar-refractivity contribution is -0.185. The van der Waals surface area contributed by atoms with Gasteiger partial charge in [-0.2, -0.15) is 0 Å². The number of azide groups is 1. The number of rotatable bonds is 2. The van der Waals surface area contributed by atoms with Gasteiger partial charge in [-0.3, -0.25) is 0 Å². The van der Waals surface area contributed by atoms with Crippen molar-refractivity contribution in [1.82, 2.24) is 0 Å². The molecule has 15 heavy (non-hydrogen) atoms. The van der Waals surface area contributed by atoms with Crippen molar-refractivity contribution in [1.29, 1.82) is 0 Å². The summed E-state index contributed by atoms with van der Waals surface area (Å²) in [6.45, 7) is 3.52. The molecule has 0 spiro atoms. The minimum Gasteiger partial charge on any atom is -0.457 e. The second-order valence-electron chi connectivity index (χ2n) is 3.91. The Hall–Kier alpha value is -1.30. The van der Waals surface area contributed by atoms with Crippen molar-refractivity contribution in [2.75, 3.05) is 6.54 Å². The van der Waals surface area contributed by atoms with Crippen LogP contribution in [0, 0.1) is 0 Å². The molecule has 0 saturated carbocycles. The first-order valence-corrected chi connectivity index (χ1v) is 4.60. The van der Waals surface area contributed by atoms with Gasteiger partial charge in [0.05, 0.1) is 6.54 Å². The van der Waals surface area contributed by atoms with Gasteiger partial charge in [-0.25, -0.2) is 4.79 Å². The number of hydrogen-bond acceptors (Lipinski definition) is 5. The number of carbonyl (C=O) groups excluding carboxylic acids is 1. The second kappa shape index (κ2) is 3.37. The van der Waals surface area contributed by atoms with Crippen LogP contribution in [0.1, 0.15) is 13.8 Å². The maximum Gasteiger partial charge on any atom is 0.338 e. The van der Waals surface area contributed by atoms with Crippen LogP contribution in [0.4, 0.5) is 0 Å². The highest BCUT2D eigenvalue weighted by molar-refractivity contribution is 5.78. The fourth-order valence-corrected chi connectivity index (χ4v) is 1.78. The number of cyclic esters (lactones) is 1. The topological polar surface area (TPSA) is 93.5 Å². The van der Waals surface area contributed by atoms with Crippen LogP contribution in [0.2, 0.25) is 0 Å². The summed E-state index contributed by atoms with van der Waals surface area (Å²) in [5.41, 5.74) is 8.18. The quantitative estimate of drug-likeness (QED) is 0.292. The van der Waals surface area contributed by atoms with Crippen molar-refractivity contribution in [3.05, 3.63) is 10.4 Å². The maximum atomic E-state index is 11.4. The molecule has 0 aliphatic carbocycles. The number of nitrogens with zero attached hydrogens (tertiary/aromatic N) is 3. The number of hydrogen-bond donors (Lipinski definition) is 0. The Morgan fingerprint density at radius 1 is 1.53 bits per heavy atom. The molecule has 0 bridgehead atoms. The van der Waals surface area contributed by atoms with Gasteiger partial charge in [-0.15, -0.1) is 0 Å². The first kappa shape index (κ1) is 10.2. The van der Waals surface area contributed by atoms with Gasteiger partial charge in [0.25, 0.3) is 0 Å². The molecule has 0 aromatic rings. The van der Waals surface area contributed by atoms with Crippen LogP contribution < -0.4 is 0 Å². The minimum absolute atomic E-state index is 0.0723. The summed E-state index contributed by atoms with van der Waals surface area (Å²) in [5.74, 6) is -1.24. The predicted octanol–water partition coefficient (Wildman–Crippen LogP) is 0.742. The van der Waals surface area contributed by atoms with E-state index in [4.69, 9.17) is 19.7 Å². The number of ether oxygens (including phenoxy) is 3. The molecule has 3 atom stereocenters. The van der Waals surface area contributed by atoms with Crippen LogP contribution in [0.25, 0.3) is 10.4 Å². The van der Waals surface area contributed by atoms with Crippen molar-refractivity contribution >= 4 is 5.97 Å². The highest BCUT2D eigenvalue weighted by Crippen LogP contribution is 2.35. The Balaban J connectivity index is 2.12. The SMILES string of the molecule is CC1(C)O[C@@H]2[C@@H](CN=[N+]=[N-])OC(=O)[C@@H]2O1. The van der Waals surface area contributed by atoms with E-state index in [0.29, 0.717) is 0 Å². The highest BCUT2D eigenvalue weighted by Gasteiger charge is 2.55. The molecule has 82 valence electrons. The summed E-state index contributed by atoms with van der Waals surface area (Å²) in [4.78, 5) is 14.0. The summed E-state index contributed by atoms with van der Waals surface area (Å²) < 4.78 is 15.8. The molecule has 7 nitrogen and oxygen atoms in total. The number of esters is 1. The highest BCUT2D eigenvalue weighted by atomic mass is 16.8. The molecule has 0 aromatic carbocycles. The van der Waals surface area contributed by atoms with E-state index in [9.17, 15) is 4.79 Å². The largest absolute Gasteiger partial charge is 0.457 e. The lowest BCUT2D eigenvalue weighted by atomic mass is 10.1. The van der Waals surface area contributed by atoms with E-state index in [-0.39, 0.29) is 6.54 Å². The van der Waals surface area contributed by atoms with Crippen molar-refractivity contribution in [2.24, 2.45) is 5.11 Å². The van der Waals surface area contributed by atoms with Crippen molar-refractivity contribution in [3.8, 4) is 0 Å². The van der Waals surface area contributed by atoms with Crippen LogP contribution >= 0.6 is 0 Å². The van der Waals surface area contributed by atoms with E-state index < -0.39 is 30.1 Å². The third-order valence-electron chi connectivity index (χ3n) is 2.32.